The first-order valence-corrected chi connectivity index (χ1v) is 4.93. The van der Waals surface area contributed by atoms with Gasteiger partial charge in [0, 0.05) is 31.4 Å². The van der Waals surface area contributed by atoms with Crippen molar-refractivity contribution in [2.75, 3.05) is 26.7 Å². The second-order valence-electron chi connectivity index (χ2n) is 3.62. The Kier molecular flexibility index (Phi) is 9.86. The maximum atomic E-state index is 9.13. The third-order valence-electron chi connectivity index (χ3n) is 2.41. The van der Waals surface area contributed by atoms with Crippen LogP contribution in [0.2, 0.25) is 0 Å². The smallest absolute Gasteiger partial charge is 0.0446 e. The van der Waals surface area contributed by atoms with E-state index in [9.17, 15) is 0 Å². The summed E-state index contributed by atoms with van der Waals surface area (Å²) in [7, 11) is 1.69. The number of likely N-dealkylation sites (N-methyl/N-ethyl adjacent to an activating group) is 1. The van der Waals surface area contributed by atoms with Gasteiger partial charge in [-0.25, -0.2) is 0 Å². The van der Waals surface area contributed by atoms with Gasteiger partial charge in [0.1, 0.15) is 0 Å². The van der Waals surface area contributed by atoms with Crippen molar-refractivity contribution in [2.24, 2.45) is 0 Å². The predicted molar refractivity (Wildman–Crippen MR) is 67.3 cm³/mol. The molecule has 0 amide bonds. The van der Waals surface area contributed by atoms with E-state index in [0.717, 1.165) is 19.6 Å². The molecule has 0 aromatic carbocycles. The van der Waals surface area contributed by atoms with Gasteiger partial charge in [-0.05, 0) is 19.9 Å². The number of thiol groups is 1. The van der Waals surface area contributed by atoms with E-state index in [4.69, 9.17) is 5.21 Å². The molecule has 0 saturated carbocycles. The molecule has 1 N–H and O–H groups in total. The summed E-state index contributed by atoms with van der Waals surface area (Å²) in [6, 6.07) is 0.212. The summed E-state index contributed by atoms with van der Waals surface area (Å²) < 4.78 is 0. The van der Waals surface area contributed by atoms with Crippen LogP contribution in [0.25, 0.3) is 0 Å². The Balaban J connectivity index is 0. The highest BCUT2D eigenvalue weighted by Gasteiger charge is 2.21. The molecule has 0 radical (unpaired) electrons. The zero-order chi connectivity index (χ0) is 9.14. The van der Waals surface area contributed by atoms with Gasteiger partial charge in [0.2, 0.25) is 0 Å². The lowest BCUT2D eigenvalue weighted by Crippen LogP contribution is -2.37. The molecule has 1 saturated heterocycles. The van der Waals surface area contributed by atoms with Gasteiger partial charge in [-0.15, -0.1) is 24.8 Å². The van der Waals surface area contributed by atoms with Crippen molar-refractivity contribution in [1.82, 2.24) is 9.96 Å². The van der Waals surface area contributed by atoms with Crippen molar-refractivity contribution >= 4 is 37.4 Å². The number of hydroxylamine groups is 2. The topological polar surface area (TPSA) is 26.7 Å². The first-order valence-electron chi connectivity index (χ1n) is 4.41. The Labute approximate surface area is 104 Å². The van der Waals surface area contributed by atoms with E-state index in [2.05, 4.69) is 17.5 Å². The van der Waals surface area contributed by atoms with E-state index >= 15 is 0 Å². The number of likely N-dealkylation sites (tertiary alicyclic amines) is 1. The zero-order valence-electron chi connectivity index (χ0n) is 8.59. The first-order chi connectivity index (χ1) is 5.59. The third kappa shape index (κ3) is 5.63. The predicted octanol–water partition coefficient (Wildman–Crippen LogP) is 1.54. The van der Waals surface area contributed by atoms with Crippen LogP contribution in [0.3, 0.4) is 0 Å². The highest BCUT2D eigenvalue weighted by Crippen LogP contribution is 2.14. The van der Waals surface area contributed by atoms with Crippen LogP contribution < -0.4 is 0 Å². The second-order valence-corrected chi connectivity index (χ2v) is 4.36. The van der Waals surface area contributed by atoms with Crippen LogP contribution in [0, 0.1) is 0 Å². The number of hydrogen-bond donors (Lipinski definition) is 2. The summed E-state index contributed by atoms with van der Waals surface area (Å²) >= 11 is 4.41. The van der Waals surface area contributed by atoms with E-state index in [1.165, 1.54) is 11.5 Å². The molecule has 6 heteroatoms. The molecule has 14 heavy (non-hydrogen) atoms. The fourth-order valence-electron chi connectivity index (χ4n) is 1.47. The molecule has 0 spiro atoms. The van der Waals surface area contributed by atoms with Gasteiger partial charge in [0.15, 0.2) is 0 Å². The van der Waals surface area contributed by atoms with Crippen molar-refractivity contribution in [2.45, 2.75) is 24.6 Å². The maximum absolute atomic E-state index is 9.13. The average Bonchev–Trinajstić information content (AvgIpc) is 2.35. The molecule has 2 atom stereocenters. The molecule has 1 heterocycles. The Morgan fingerprint density at radius 2 is 2.14 bits per heavy atom. The molecule has 0 unspecified atom stereocenters. The monoisotopic (exact) mass is 262 g/mol. The van der Waals surface area contributed by atoms with Crippen molar-refractivity contribution in [1.29, 1.82) is 0 Å². The van der Waals surface area contributed by atoms with Crippen LogP contribution in [0.5, 0.6) is 0 Å². The summed E-state index contributed by atoms with van der Waals surface area (Å²) in [5.41, 5.74) is 0. The third-order valence-corrected chi connectivity index (χ3v) is 2.83. The molecular formula is C8H20Cl2N2OS. The van der Waals surface area contributed by atoms with Gasteiger partial charge in [-0.3, -0.25) is 0 Å². The van der Waals surface area contributed by atoms with E-state index < -0.39 is 0 Å². The molecule has 1 fully saturated rings. The molecule has 3 nitrogen and oxygen atoms in total. The van der Waals surface area contributed by atoms with Crippen LogP contribution in [-0.2, 0) is 0 Å². The minimum Gasteiger partial charge on any atom is -0.314 e. The second kappa shape index (κ2) is 8.02. The molecule has 1 rings (SSSR count). The van der Waals surface area contributed by atoms with Crippen LogP contribution in [0.15, 0.2) is 0 Å². The minimum atomic E-state index is 0. The van der Waals surface area contributed by atoms with Crippen molar-refractivity contribution in [3.05, 3.63) is 0 Å². The Morgan fingerprint density at radius 3 is 2.50 bits per heavy atom. The summed E-state index contributed by atoms with van der Waals surface area (Å²) in [4.78, 5) is 2.34. The normalized spacial score (nSPS) is 24.2. The van der Waals surface area contributed by atoms with Crippen LogP contribution in [0.4, 0.5) is 0 Å². The quantitative estimate of drug-likeness (QED) is 0.597. The fourth-order valence-corrected chi connectivity index (χ4v) is 1.82. The standard InChI is InChI=1S/C8H18N2OS.2ClH/c1-7(9(2)11)5-10-4-3-8(12)6-10;;/h7-8,11-12H,3-6H2,1-2H3;2*1H/t7-,8-;;/m0../s1. The van der Waals surface area contributed by atoms with Gasteiger partial charge in [0.05, 0.1) is 0 Å². The molecule has 0 bridgehead atoms. The number of hydrogen-bond acceptors (Lipinski definition) is 4. The fraction of sp³-hybridized carbons (Fsp3) is 1.00. The first kappa shape index (κ1) is 17.2. The lowest BCUT2D eigenvalue weighted by atomic mass is 10.3. The molecule has 1 aliphatic heterocycles. The lowest BCUT2D eigenvalue weighted by molar-refractivity contribution is -0.102. The molecule has 1 aliphatic rings. The zero-order valence-corrected chi connectivity index (χ0v) is 11.1. The Bertz CT molecular complexity index is 151. The van der Waals surface area contributed by atoms with Gasteiger partial charge >= 0.3 is 0 Å². The molecule has 0 aromatic heterocycles. The lowest BCUT2D eigenvalue weighted by Gasteiger charge is -2.23. The van der Waals surface area contributed by atoms with Crippen molar-refractivity contribution in [3.8, 4) is 0 Å². The molecule has 0 aromatic rings. The summed E-state index contributed by atoms with van der Waals surface area (Å²) in [5, 5.41) is 10.9. The van der Waals surface area contributed by atoms with Gasteiger partial charge in [0.25, 0.3) is 0 Å². The minimum absolute atomic E-state index is 0. The molecule has 88 valence electrons. The van der Waals surface area contributed by atoms with Gasteiger partial charge in [-0.2, -0.15) is 17.7 Å². The Morgan fingerprint density at radius 1 is 1.57 bits per heavy atom. The largest absolute Gasteiger partial charge is 0.314 e. The number of halogens is 2. The molecule has 0 aliphatic carbocycles. The SMILES string of the molecule is C[C@@H](CN1CC[C@H](S)C1)N(C)O.Cl.Cl. The van der Waals surface area contributed by atoms with E-state index in [1.54, 1.807) is 7.05 Å². The number of nitrogens with zero attached hydrogens (tertiary/aromatic N) is 2. The van der Waals surface area contributed by atoms with Crippen LogP contribution >= 0.6 is 37.4 Å². The van der Waals surface area contributed by atoms with E-state index in [-0.39, 0.29) is 30.9 Å². The van der Waals surface area contributed by atoms with Crippen molar-refractivity contribution in [3.63, 3.8) is 0 Å². The maximum Gasteiger partial charge on any atom is 0.0446 e. The summed E-state index contributed by atoms with van der Waals surface area (Å²) in [6.07, 6.45) is 1.17. The van der Waals surface area contributed by atoms with E-state index in [0.29, 0.717) is 5.25 Å². The van der Waals surface area contributed by atoms with E-state index in [1.807, 2.05) is 6.92 Å². The Hall–Kier alpha value is 0.810. The molecular weight excluding hydrogens is 243 g/mol. The highest BCUT2D eigenvalue weighted by molar-refractivity contribution is 7.81. The number of rotatable bonds is 3. The van der Waals surface area contributed by atoms with Crippen LogP contribution in [-0.4, -0.2) is 53.1 Å². The highest BCUT2D eigenvalue weighted by atomic mass is 35.5. The van der Waals surface area contributed by atoms with Gasteiger partial charge < -0.3 is 10.1 Å². The van der Waals surface area contributed by atoms with Crippen LogP contribution in [0.1, 0.15) is 13.3 Å². The van der Waals surface area contributed by atoms with Gasteiger partial charge in [-0.1, -0.05) is 0 Å². The average molecular weight is 263 g/mol. The summed E-state index contributed by atoms with van der Waals surface area (Å²) in [6.45, 7) is 5.13. The van der Waals surface area contributed by atoms with Crippen molar-refractivity contribution < 1.29 is 5.21 Å². The summed E-state index contributed by atoms with van der Waals surface area (Å²) in [5.74, 6) is 0.